The Hall–Kier alpha value is -2.32. The minimum absolute atomic E-state index is 0.120. The van der Waals surface area contributed by atoms with Crippen LogP contribution in [-0.4, -0.2) is 19.9 Å². The van der Waals surface area contributed by atoms with Gasteiger partial charge < -0.3 is 15.9 Å². The Morgan fingerprint density at radius 2 is 1.70 bits per heavy atom. The molecule has 0 unspecified atom stereocenters. The highest BCUT2D eigenvalue weighted by atomic mass is 35.5. The van der Waals surface area contributed by atoms with Gasteiger partial charge in [0.1, 0.15) is 5.82 Å². The van der Waals surface area contributed by atoms with E-state index in [0.29, 0.717) is 34.0 Å². The van der Waals surface area contributed by atoms with Crippen molar-refractivity contribution in [1.82, 2.24) is 19.9 Å². The van der Waals surface area contributed by atoms with Crippen molar-refractivity contribution < 1.29 is 4.42 Å². The van der Waals surface area contributed by atoms with Crippen LogP contribution in [0.25, 0.3) is 11.3 Å². The lowest BCUT2D eigenvalue weighted by Gasteiger charge is -2.01. The first kappa shape index (κ1) is 15.6. The van der Waals surface area contributed by atoms with E-state index in [9.17, 15) is 0 Å². The Kier molecular flexibility index (Phi) is 4.63. The quantitative estimate of drug-likeness (QED) is 0.722. The molecule has 0 spiro atoms. The fourth-order valence-electron chi connectivity index (χ4n) is 1.88. The maximum absolute atomic E-state index is 5.87. The van der Waals surface area contributed by atoms with E-state index in [1.807, 2.05) is 24.3 Å². The minimum atomic E-state index is 0.120. The largest absolute Gasteiger partial charge is 0.440 e. The molecule has 0 aliphatic carbocycles. The Labute approximate surface area is 141 Å². The zero-order valence-corrected chi connectivity index (χ0v) is 13.5. The number of anilines is 2. The molecule has 2 heterocycles. The highest BCUT2D eigenvalue weighted by Crippen LogP contribution is 2.24. The number of thioether (sulfide) groups is 1. The van der Waals surface area contributed by atoms with Crippen LogP contribution in [-0.2, 0) is 11.5 Å². The van der Waals surface area contributed by atoms with Crippen LogP contribution in [0, 0.1) is 0 Å². The molecule has 3 rings (SSSR count). The highest BCUT2D eigenvalue weighted by molar-refractivity contribution is 7.97. The SMILES string of the molecule is Nc1nc(N)nc(CSCc2ncc(-c3ccc(Cl)cc3)o2)n1. The molecule has 0 saturated carbocycles. The van der Waals surface area contributed by atoms with Crippen molar-refractivity contribution in [3.63, 3.8) is 0 Å². The number of hydrogen-bond acceptors (Lipinski definition) is 8. The second-order valence-corrected chi connectivity index (χ2v) is 6.01. The van der Waals surface area contributed by atoms with Crippen LogP contribution in [0.3, 0.4) is 0 Å². The summed E-state index contributed by atoms with van der Waals surface area (Å²) < 4.78 is 5.72. The van der Waals surface area contributed by atoms with Crippen LogP contribution in [0.15, 0.2) is 34.9 Å². The number of nitrogens with zero attached hydrogens (tertiary/aromatic N) is 4. The first-order valence-electron chi connectivity index (χ1n) is 6.64. The molecule has 4 N–H and O–H groups in total. The van der Waals surface area contributed by atoms with E-state index in [4.69, 9.17) is 27.5 Å². The molecule has 0 radical (unpaired) electrons. The van der Waals surface area contributed by atoms with Crippen LogP contribution < -0.4 is 11.5 Å². The summed E-state index contributed by atoms with van der Waals surface area (Å²) in [5, 5.41) is 0.681. The van der Waals surface area contributed by atoms with Crippen LogP contribution in [0.4, 0.5) is 11.9 Å². The zero-order chi connectivity index (χ0) is 16.2. The second-order valence-electron chi connectivity index (χ2n) is 4.59. The monoisotopic (exact) mass is 348 g/mol. The van der Waals surface area contributed by atoms with E-state index in [1.165, 1.54) is 0 Å². The summed E-state index contributed by atoms with van der Waals surface area (Å²) in [4.78, 5) is 16.0. The molecule has 0 aliphatic heterocycles. The number of halogens is 1. The smallest absolute Gasteiger partial charge is 0.225 e. The lowest BCUT2D eigenvalue weighted by Crippen LogP contribution is -2.06. The Morgan fingerprint density at radius 1 is 1.00 bits per heavy atom. The van der Waals surface area contributed by atoms with Crippen molar-refractivity contribution in [2.75, 3.05) is 11.5 Å². The van der Waals surface area contributed by atoms with Crippen LogP contribution in [0.2, 0.25) is 5.02 Å². The number of aromatic nitrogens is 4. The third-order valence-corrected chi connectivity index (χ3v) is 4.02. The number of benzene rings is 1. The lowest BCUT2D eigenvalue weighted by molar-refractivity contribution is 0.530. The van der Waals surface area contributed by atoms with Gasteiger partial charge in [-0.2, -0.15) is 15.0 Å². The van der Waals surface area contributed by atoms with Crippen LogP contribution >= 0.6 is 23.4 Å². The van der Waals surface area contributed by atoms with E-state index < -0.39 is 0 Å². The number of nitrogens with two attached hydrogens (primary N) is 2. The van der Waals surface area contributed by atoms with Gasteiger partial charge in [0.25, 0.3) is 0 Å². The number of hydrogen-bond donors (Lipinski definition) is 2. The summed E-state index contributed by atoms with van der Waals surface area (Å²) in [6.07, 6.45) is 1.69. The summed E-state index contributed by atoms with van der Waals surface area (Å²) in [6, 6.07) is 7.39. The molecule has 0 saturated heterocycles. The number of nitrogen functional groups attached to an aromatic ring is 2. The standard InChI is InChI=1S/C14H13ClN6OS/c15-9-3-1-8(2-4-9)10-5-18-12(22-10)7-23-6-11-19-13(16)21-14(17)20-11/h1-5H,6-7H2,(H4,16,17,19,20,21). The van der Waals surface area contributed by atoms with Gasteiger partial charge in [-0.3, -0.25) is 0 Å². The summed E-state index contributed by atoms with van der Waals surface area (Å²) in [5.74, 6) is 3.21. The molecule has 9 heteroatoms. The molecule has 1 aromatic carbocycles. The molecule has 0 atom stereocenters. The third kappa shape index (κ3) is 4.11. The minimum Gasteiger partial charge on any atom is -0.440 e. The summed E-state index contributed by atoms with van der Waals surface area (Å²) >= 11 is 7.42. The van der Waals surface area contributed by atoms with Crippen molar-refractivity contribution >= 4 is 35.3 Å². The first-order valence-corrected chi connectivity index (χ1v) is 8.18. The van der Waals surface area contributed by atoms with Crippen molar-refractivity contribution in [1.29, 1.82) is 0 Å². The molecule has 0 amide bonds. The van der Waals surface area contributed by atoms with Gasteiger partial charge >= 0.3 is 0 Å². The average molecular weight is 349 g/mol. The van der Waals surface area contributed by atoms with Gasteiger partial charge in [-0.05, 0) is 24.3 Å². The van der Waals surface area contributed by atoms with Crippen molar-refractivity contribution in [3.05, 3.63) is 47.2 Å². The third-order valence-electron chi connectivity index (χ3n) is 2.86. The van der Waals surface area contributed by atoms with E-state index >= 15 is 0 Å². The summed E-state index contributed by atoms with van der Waals surface area (Å²) in [5.41, 5.74) is 12.0. The van der Waals surface area contributed by atoms with Gasteiger partial charge in [-0.25, -0.2) is 4.98 Å². The first-order chi connectivity index (χ1) is 11.1. The van der Waals surface area contributed by atoms with E-state index in [-0.39, 0.29) is 11.9 Å². The van der Waals surface area contributed by atoms with Crippen molar-refractivity contribution in [2.24, 2.45) is 0 Å². The fraction of sp³-hybridized carbons (Fsp3) is 0.143. The maximum atomic E-state index is 5.87. The molecule has 23 heavy (non-hydrogen) atoms. The fourth-order valence-corrected chi connectivity index (χ4v) is 2.72. The molecular weight excluding hydrogens is 336 g/mol. The summed E-state index contributed by atoms with van der Waals surface area (Å²) in [6.45, 7) is 0. The van der Waals surface area contributed by atoms with E-state index in [0.717, 1.165) is 5.56 Å². The predicted octanol–water partition coefficient (Wildman–Crippen LogP) is 2.78. The van der Waals surface area contributed by atoms with E-state index in [1.54, 1.807) is 18.0 Å². The molecular formula is C14H13ClN6OS. The number of oxazole rings is 1. The second kappa shape index (κ2) is 6.84. The molecule has 3 aromatic rings. The molecule has 7 nitrogen and oxygen atoms in total. The van der Waals surface area contributed by atoms with Gasteiger partial charge in [-0.15, -0.1) is 11.8 Å². The predicted molar refractivity (Wildman–Crippen MR) is 90.6 cm³/mol. The van der Waals surface area contributed by atoms with Crippen LogP contribution in [0.5, 0.6) is 0 Å². The topological polar surface area (TPSA) is 117 Å². The Morgan fingerprint density at radius 3 is 2.39 bits per heavy atom. The van der Waals surface area contributed by atoms with E-state index in [2.05, 4.69) is 19.9 Å². The molecule has 0 fully saturated rings. The zero-order valence-electron chi connectivity index (χ0n) is 11.9. The van der Waals surface area contributed by atoms with Gasteiger partial charge in [0.15, 0.2) is 5.76 Å². The normalized spacial score (nSPS) is 10.8. The maximum Gasteiger partial charge on any atom is 0.225 e. The molecule has 118 valence electrons. The Balaban J connectivity index is 1.60. The van der Waals surface area contributed by atoms with Gasteiger partial charge in [-0.1, -0.05) is 11.6 Å². The van der Waals surface area contributed by atoms with Crippen LogP contribution in [0.1, 0.15) is 11.7 Å². The van der Waals surface area contributed by atoms with Gasteiger partial charge in [0, 0.05) is 10.6 Å². The molecule has 0 bridgehead atoms. The Bertz CT molecular complexity index is 787. The average Bonchev–Trinajstić information content (AvgIpc) is 2.96. The molecule has 0 aliphatic rings. The van der Waals surface area contributed by atoms with Gasteiger partial charge in [0.05, 0.1) is 17.7 Å². The lowest BCUT2D eigenvalue weighted by atomic mass is 10.2. The van der Waals surface area contributed by atoms with Crippen molar-refractivity contribution in [2.45, 2.75) is 11.5 Å². The number of rotatable bonds is 5. The highest BCUT2D eigenvalue weighted by Gasteiger charge is 2.08. The van der Waals surface area contributed by atoms with Gasteiger partial charge in [0.2, 0.25) is 17.8 Å². The van der Waals surface area contributed by atoms with Crippen molar-refractivity contribution in [3.8, 4) is 11.3 Å². The molecule has 2 aromatic heterocycles. The summed E-state index contributed by atoms with van der Waals surface area (Å²) in [7, 11) is 0.